The van der Waals surface area contributed by atoms with Crippen molar-refractivity contribution in [3.05, 3.63) is 42.4 Å². The third-order valence-electron chi connectivity index (χ3n) is 3.38. The Bertz CT molecular complexity index is 817. The van der Waals surface area contributed by atoms with Crippen molar-refractivity contribution >= 4 is 21.6 Å². The van der Waals surface area contributed by atoms with E-state index in [1.807, 2.05) is 0 Å². The number of nitrogens with zero attached hydrogens (tertiary/aromatic N) is 1. The van der Waals surface area contributed by atoms with Gasteiger partial charge in [-0.15, -0.1) is 0 Å². The van der Waals surface area contributed by atoms with Crippen molar-refractivity contribution in [2.45, 2.75) is 6.54 Å². The molecule has 1 heterocycles. The van der Waals surface area contributed by atoms with Crippen LogP contribution < -0.4 is 14.8 Å². The maximum absolute atomic E-state index is 12.3. The van der Waals surface area contributed by atoms with E-state index in [0.29, 0.717) is 22.9 Å². The number of methoxy groups -OCH3 is 2. The van der Waals surface area contributed by atoms with Gasteiger partial charge in [-0.05, 0) is 24.3 Å². The predicted octanol–water partition coefficient (Wildman–Crippen LogP) is 1.70. The number of carbonyl (C=O) groups excluding carboxylic acids is 1. The van der Waals surface area contributed by atoms with Gasteiger partial charge in [0.15, 0.2) is 0 Å². The lowest BCUT2D eigenvalue weighted by atomic mass is 10.2. The summed E-state index contributed by atoms with van der Waals surface area (Å²) in [6, 6.07) is 8.21. The molecule has 0 bridgehead atoms. The van der Waals surface area contributed by atoms with E-state index < -0.39 is 15.9 Å². The summed E-state index contributed by atoms with van der Waals surface area (Å²) in [5.74, 6) is 0.901. The zero-order chi connectivity index (χ0) is 18.4. The van der Waals surface area contributed by atoms with Gasteiger partial charge >= 0.3 is 0 Å². The lowest BCUT2D eigenvalue weighted by molar-refractivity contribution is -0.116. The Morgan fingerprint density at radius 2 is 2.00 bits per heavy atom. The van der Waals surface area contributed by atoms with E-state index in [-0.39, 0.29) is 13.1 Å². The van der Waals surface area contributed by atoms with E-state index in [0.717, 1.165) is 10.6 Å². The molecular weight excluding hydrogens is 348 g/mol. The second kappa shape index (κ2) is 8.04. The first-order valence-electron chi connectivity index (χ1n) is 7.33. The van der Waals surface area contributed by atoms with E-state index in [4.69, 9.17) is 13.9 Å². The van der Waals surface area contributed by atoms with Crippen LogP contribution in [-0.4, -0.2) is 45.7 Å². The van der Waals surface area contributed by atoms with Gasteiger partial charge < -0.3 is 19.2 Å². The number of sulfonamides is 1. The molecule has 0 fully saturated rings. The minimum Gasteiger partial charge on any atom is -0.497 e. The standard InChI is InChI=1S/C16H20N2O6S/c1-22-12-6-7-15(23-2)14(9-12)17-16(19)11-18(25(3,20)21)10-13-5-4-8-24-13/h4-9H,10-11H2,1-3H3,(H,17,19). The lowest BCUT2D eigenvalue weighted by Gasteiger charge is -2.19. The molecule has 0 unspecified atom stereocenters. The molecule has 0 spiro atoms. The van der Waals surface area contributed by atoms with E-state index in [2.05, 4.69) is 5.32 Å². The van der Waals surface area contributed by atoms with Crippen LogP contribution in [0.1, 0.15) is 5.76 Å². The summed E-state index contributed by atoms with van der Waals surface area (Å²) in [6.45, 7) is -0.394. The number of hydrogen-bond acceptors (Lipinski definition) is 6. The van der Waals surface area contributed by atoms with Crippen molar-refractivity contribution in [2.24, 2.45) is 0 Å². The van der Waals surface area contributed by atoms with Crippen LogP contribution in [-0.2, 0) is 21.4 Å². The van der Waals surface area contributed by atoms with E-state index >= 15 is 0 Å². The number of ether oxygens (including phenoxy) is 2. The van der Waals surface area contributed by atoms with Gasteiger partial charge in [0.05, 0.1) is 45.5 Å². The smallest absolute Gasteiger partial charge is 0.239 e. The number of rotatable bonds is 8. The minimum absolute atomic E-state index is 0.0332. The van der Waals surface area contributed by atoms with Gasteiger partial charge in [-0.2, -0.15) is 4.31 Å². The Balaban J connectivity index is 2.13. The van der Waals surface area contributed by atoms with Crippen LogP contribution in [0.15, 0.2) is 41.0 Å². The number of furan rings is 1. The number of hydrogen-bond donors (Lipinski definition) is 1. The van der Waals surface area contributed by atoms with Crippen LogP contribution in [0.2, 0.25) is 0 Å². The van der Waals surface area contributed by atoms with E-state index in [9.17, 15) is 13.2 Å². The van der Waals surface area contributed by atoms with Gasteiger partial charge in [0, 0.05) is 6.07 Å². The SMILES string of the molecule is COc1ccc(OC)c(NC(=O)CN(Cc2ccco2)S(C)(=O)=O)c1. The lowest BCUT2D eigenvalue weighted by Crippen LogP contribution is -2.36. The molecule has 0 aliphatic heterocycles. The van der Waals surface area contributed by atoms with Gasteiger partial charge in [0.25, 0.3) is 0 Å². The monoisotopic (exact) mass is 368 g/mol. The number of anilines is 1. The molecule has 1 aromatic heterocycles. The second-order valence-corrected chi connectivity index (χ2v) is 7.21. The maximum Gasteiger partial charge on any atom is 0.239 e. The normalized spacial score (nSPS) is 11.4. The molecule has 1 N–H and O–H groups in total. The third kappa shape index (κ3) is 5.23. The molecule has 136 valence electrons. The Morgan fingerprint density at radius 3 is 2.56 bits per heavy atom. The highest BCUT2D eigenvalue weighted by atomic mass is 32.2. The molecule has 0 radical (unpaired) electrons. The molecule has 0 aliphatic rings. The van der Waals surface area contributed by atoms with Gasteiger partial charge in [-0.3, -0.25) is 4.79 Å². The Labute approximate surface area is 146 Å². The van der Waals surface area contributed by atoms with Gasteiger partial charge in [0.2, 0.25) is 15.9 Å². The number of benzene rings is 1. The second-order valence-electron chi connectivity index (χ2n) is 5.22. The first-order chi connectivity index (χ1) is 11.8. The molecule has 2 aromatic rings. The molecule has 2 rings (SSSR count). The zero-order valence-electron chi connectivity index (χ0n) is 14.2. The van der Waals surface area contributed by atoms with Gasteiger partial charge in [-0.1, -0.05) is 0 Å². The van der Waals surface area contributed by atoms with Crippen LogP contribution >= 0.6 is 0 Å². The summed E-state index contributed by atoms with van der Waals surface area (Å²) < 4.78 is 40.3. The van der Waals surface area contributed by atoms with Crippen LogP contribution in [0.4, 0.5) is 5.69 Å². The summed E-state index contributed by atoms with van der Waals surface area (Å²) in [4.78, 5) is 12.3. The summed E-state index contributed by atoms with van der Waals surface area (Å²) >= 11 is 0. The Kier molecular flexibility index (Phi) is 6.05. The zero-order valence-corrected chi connectivity index (χ0v) is 15.0. The minimum atomic E-state index is -3.60. The third-order valence-corrected chi connectivity index (χ3v) is 4.58. The van der Waals surface area contributed by atoms with Crippen molar-refractivity contribution in [3.63, 3.8) is 0 Å². The molecule has 1 aromatic carbocycles. The summed E-state index contributed by atoms with van der Waals surface area (Å²) in [5, 5.41) is 2.64. The molecule has 25 heavy (non-hydrogen) atoms. The average molecular weight is 368 g/mol. The fourth-order valence-electron chi connectivity index (χ4n) is 2.13. The number of amides is 1. The van der Waals surface area contributed by atoms with Crippen LogP contribution in [0.5, 0.6) is 11.5 Å². The molecule has 0 saturated heterocycles. The molecule has 0 aliphatic carbocycles. The molecular formula is C16H20N2O6S. The highest BCUT2D eigenvalue weighted by Crippen LogP contribution is 2.28. The van der Waals surface area contributed by atoms with Gasteiger partial charge in [0.1, 0.15) is 17.3 Å². The predicted molar refractivity (Wildman–Crippen MR) is 92.1 cm³/mol. The fraction of sp³-hybridized carbons (Fsp3) is 0.312. The van der Waals surface area contributed by atoms with Crippen molar-refractivity contribution < 1.29 is 27.1 Å². The molecule has 0 atom stereocenters. The fourth-order valence-corrected chi connectivity index (χ4v) is 2.84. The van der Waals surface area contributed by atoms with Crippen molar-refractivity contribution in [1.29, 1.82) is 0 Å². The maximum atomic E-state index is 12.3. The van der Waals surface area contributed by atoms with E-state index in [1.54, 1.807) is 30.3 Å². The average Bonchev–Trinajstić information content (AvgIpc) is 3.06. The summed E-state index contributed by atoms with van der Waals surface area (Å²) in [6.07, 6.45) is 2.48. The quantitative estimate of drug-likeness (QED) is 0.761. The molecule has 8 nitrogen and oxygen atoms in total. The first kappa shape index (κ1) is 18.8. The molecule has 1 amide bonds. The van der Waals surface area contributed by atoms with Crippen molar-refractivity contribution in [1.82, 2.24) is 4.31 Å². The highest BCUT2D eigenvalue weighted by Gasteiger charge is 2.22. The summed E-state index contributed by atoms with van der Waals surface area (Å²) in [7, 11) is -0.629. The van der Waals surface area contributed by atoms with Crippen LogP contribution in [0, 0.1) is 0 Å². The molecule has 9 heteroatoms. The molecule has 0 saturated carbocycles. The largest absolute Gasteiger partial charge is 0.497 e. The topological polar surface area (TPSA) is 98.1 Å². The summed E-state index contributed by atoms with van der Waals surface area (Å²) in [5.41, 5.74) is 0.387. The Hall–Kier alpha value is -2.52. The Morgan fingerprint density at radius 1 is 1.24 bits per heavy atom. The van der Waals surface area contributed by atoms with E-state index in [1.165, 1.54) is 20.5 Å². The van der Waals surface area contributed by atoms with Crippen molar-refractivity contribution in [2.75, 3.05) is 32.3 Å². The van der Waals surface area contributed by atoms with Crippen LogP contribution in [0.3, 0.4) is 0 Å². The first-order valence-corrected chi connectivity index (χ1v) is 9.17. The van der Waals surface area contributed by atoms with Gasteiger partial charge in [-0.25, -0.2) is 8.42 Å². The highest BCUT2D eigenvalue weighted by molar-refractivity contribution is 7.88. The number of nitrogens with one attached hydrogen (secondary N) is 1. The van der Waals surface area contributed by atoms with Crippen molar-refractivity contribution in [3.8, 4) is 11.5 Å². The van der Waals surface area contributed by atoms with Crippen LogP contribution in [0.25, 0.3) is 0 Å². The number of carbonyl (C=O) groups is 1.